The van der Waals surface area contributed by atoms with Gasteiger partial charge >= 0.3 is 12.1 Å². The molecule has 13 heavy (non-hydrogen) atoms. The van der Waals surface area contributed by atoms with Gasteiger partial charge in [-0.1, -0.05) is 0 Å². The van der Waals surface area contributed by atoms with E-state index in [1.807, 2.05) is 0 Å². The zero-order valence-corrected chi connectivity index (χ0v) is 7.28. The zero-order chi connectivity index (χ0) is 10.6. The van der Waals surface area contributed by atoms with Gasteiger partial charge in [-0.25, -0.2) is 0 Å². The lowest BCUT2D eigenvalue weighted by atomic mass is 10.1. The molecule has 3 nitrogen and oxygen atoms in total. The monoisotopic (exact) mass is 218 g/mol. The van der Waals surface area contributed by atoms with Gasteiger partial charge < -0.3 is 4.74 Å². The molecule has 0 radical (unpaired) electrons. The fourth-order valence-corrected chi connectivity index (χ4v) is 0.793. The lowest BCUT2D eigenvalue weighted by Gasteiger charge is -2.14. The van der Waals surface area contributed by atoms with Crippen molar-refractivity contribution in [3.63, 3.8) is 0 Å². The first-order valence-electron chi connectivity index (χ1n) is 3.23. The summed E-state index contributed by atoms with van der Waals surface area (Å²) in [5, 5.41) is -1.79. The Morgan fingerprint density at radius 3 is 2.15 bits per heavy atom. The molecule has 0 heterocycles. The number of carbonyl (C=O) groups is 2. The molecule has 0 aromatic carbocycles. The van der Waals surface area contributed by atoms with Crippen LogP contribution in [-0.4, -0.2) is 24.0 Å². The van der Waals surface area contributed by atoms with Gasteiger partial charge in [-0.15, -0.1) is 0 Å². The van der Waals surface area contributed by atoms with Crippen LogP contribution in [0, 0.1) is 5.92 Å². The first kappa shape index (κ1) is 12.2. The summed E-state index contributed by atoms with van der Waals surface area (Å²) in [5.74, 6) is -4.55. The average Bonchev–Trinajstić information content (AvgIpc) is 1.82. The SMILES string of the molecule is CCOC(=O)C(C(=O)Cl)C(F)(F)F. The Kier molecular flexibility index (Phi) is 4.19. The maximum absolute atomic E-state index is 11.9. The first-order chi connectivity index (χ1) is 5.80. The Morgan fingerprint density at radius 1 is 1.46 bits per heavy atom. The fraction of sp³-hybridized carbons (Fsp3) is 0.667. The van der Waals surface area contributed by atoms with Gasteiger partial charge in [0.2, 0.25) is 11.2 Å². The Morgan fingerprint density at radius 2 is 1.92 bits per heavy atom. The van der Waals surface area contributed by atoms with Crippen LogP contribution in [0.2, 0.25) is 0 Å². The van der Waals surface area contributed by atoms with E-state index in [2.05, 4.69) is 16.3 Å². The normalized spacial score (nSPS) is 13.6. The number of ether oxygens (including phenoxy) is 1. The lowest BCUT2D eigenvalue weighted by Crippen LogP contribution is -2.36. The average molecular weight is 219 g/mol. The summed E-state index contributed by atoms with van der Waals surface area (Å²) >= 11 is 4.60. The summed E-state index contributed by atoms with van der Waals surface area (Å²) in [5.41, 5.74) is 0. The highest BCUT2D eigenvalue weighted by Gasteiger charge is 2.50. The fourth-order valence-electron chi connectivity index (χ4n) is 0.581. The third kappa shape index (κ3) is 3.63. The van der Waals surface area contributed by atoms with Crippen molar-refractivity contribution in [2.45, 2.75) is 13.1 Å². The molecule has 0 aliphatic carbocycles. The third-order valence-electron chi connectivity index (χ3n) is 1.08. The van der Waals surface area contributed by atoms with Gasteiger partial charge in [0, 0.05) is 0 Å². The summed E-state index contributed by atoms with van der Waals surface area (Å²) in [6, 6.07) is 0. The van der Waals surface area contributed by atoms with Crippen molar-refractivity contribution >= 4 is 22.8 Å². The summed E-state index contributed by atoms with van der Waals surface area (Å²) < 4.78 is 39.8. The minimum Gasteiger partial charge on any atom is -0.465 e. The Hall–Kier alpha value is -0.780. The largest absolute Gasteiger partial charge is 0.465 e. The van der Waals surface area contributed by atoms with E-state index in [4.69, 9.17) is 0 Å². The molecule has 76 valence electrons. The highest BCUT2D eigenvalue weighted by molar-refractivity contribution is 6.65. The quantitative estimate of drug-likeness (QED) is 0.410. The van der Waals surface area contributed by atoms with Crippen LogP contribution in [0.5, 0.6) is 0 Å². The highest BCUT2D eigenvalue weighted by Crippen LogP contribution is 2.29. The van der Waals surface area contributed by atoms with Crippen LogP contribution in [0.4, 0.5) is 13.2 Å². The Balaban J connectivity index is 4.63. The van der Waals surface area contributed by atoms with Crippen LogP contribution in [-0.2, 0) is 14.3 Å². The summed E-state index contributed by atoms with van der Waals surface area (Å²) in [6.45, 7) is 1.08. The Labute approximate surface area is 76.8 Å². The molecule has 1 atom stereocenters. The predicted octanol–water partition coefficient (Wildman–Crippen LogP) is 1.49. The van der Waals surface area contributed by atoms with Crippen LogP contribution in [0.1, 0.15) is 6.92 Å². The third-order valence-corrected chi connectivity index (χ3v) is 1.29. The molecular weight excluding hydrogens is 213 g/mol. The molecule has 0 aliphatic heterocycles. The number of rotatable bonds is 3. The summed E-state index contributed by atoms with van der Waals surface area (Å²) in [4.78, 5) is 20.8. The number of alkyl halides is 3. The Bertz CT molecular complexity index is 214. The lowest BCUT2D eigenvalue weighted by molar-refractivity contribution is -0.195. The van der Waals surface area contributed by atoms with Gasteiger partial charge in [0.25, 0.3) is 0 Å². The van der Waals surface area contributed by atoms with Crippen molar-refractivity contribution in [2.75, 3.05) is 6.61 Å². The maximum Gasteiger partial charge on any atom is 0.410 e. The number of hydrogen-bond donors (Lipinski definition) is 0. The molecule has 0 aromatic rings. The summed E-state index contributed by atoms with van der Waals surface area (Å²) in [7, 11) is 0. The molecule has 0 bridgehead atoms. The molecular formula is C6H6ClF3O3. The topological polar surface area (TPSA) is 43.4 Å². The molecule has 0 fully saturated rings. The van der Waals surface area contributed by atoms with Gasteiger partial charge in [0.15, 0.2) is 0 Å². The highest BCUT2D eigenvalue weighted by atomic mass is 35.5. The van der Waals surface area contributed by atoms with E-state index in [0.29, 0.717) is 0 Å². The molecule has 0 rings (SSSR count). The molecule has 7 heteroatoms. The molecule has 0 saturated carbocycles. The molecule has 1 unspecified atom stereocenters. The smallest absolute Gasteiger partial charge is 0.410 e. The first-order valence-corrected chi connectivity index (χ1v) is 3.61. The van der Waals surface area contributed by atoms with E-state index in [-0.39, 0.29) is 6.61 Å². The van der Waals surface area contributed by atoms with Gasteiger partial charge in [0.05, 0.1) is 6.61 Å². The second kappa shape index (κ2) is 4.45. The molecule has 0 spiro atoms. The van der Waals surface area contributed by atoms with Gasteiger partial charge in [-0.2, -0.15) is 13.2 Å². The van der Waals surface area contributed by atoms with Crippen LogP contribution in [0.15, 0.2) is 0 Å². The number of carbonyl (C=O) groups excluding carboxylic acids is 2. The molecule has 0 aliphatic rings. The molecule has 0 amide bonds. The van der Waals surface area contributed by atoms with Gasteiger partial charge in [0.1, 0.15) is 0 Å². The van der Waals surface area contributed by atoms with Crippen molar-refractivity contribution in [3.8, 4) is 0 Å². The van der Waals surface area contributed by atoms with E-state index in [1.54, 1.807) is 0 Å². The van der Waals surface area contributed by atoms with E-state index in [0.717, 1.165) is 0 Å². The van der Waals surface area contributed by atoms with Crippen LogP contribution >= 0.6 is 11.6 Å². The molecule has 0 N–H and O–H groups in total. The molecule has 0 saturated heterocycles. The standard InChI is InChI=1S/C6H6ClF3O3/c1-2-13-5(12)3(4(7)11)6(8,9)10/h3H,2H2,1H3. The minimum atomic E-state index is -4.99. The number of esters is 1. The van der Waals surface area contributed by atoms with Crippen molar-refractivity contribution in [1.29, 1.82) is 0 Å². The van der Waals surface area contributed by atoms with E-state index in [9.17, 15) is 22.8 Å². The predicted molar refractivity (Wildman–Crippen MR) is 37.0 cm³/mol. The zero-order valence-electron chi connectivity index (χ0n) is 6.52. The van der Waals surface area contributed by atoms with E-state index < -0.39 is 23.3 Å². The second-order valence-corrected chi connectivity index (χ2v) is 2.40. The maximum atomic E-state index is 11.9. The van der Waals surface area contributed by atoms with Crippen molar-refractivity contribution in [1.82, 2.24) is 0 Å². The number of halogens is 4. The van der Waals surface area contributed by atoms with Crippen LogP contribution < -0.4 is 0 Å². The van der Waals surface area contributed by atoms with E-state index in [1.165, 1.54) is 6.92 Å². The minimum absolute atomic E-state index is 0.240. The van der Waals surface area contributed by atoms with Crippen LogP contribution in [0.3, 0.4) is 0 Å². The van der Waals surface area contributed by atoms with Crippen LogP contribution in [0.25, 0.3) is 0 Å². The van der Waals surface area contributed by atoms with Gasteiger partial charge in [-0.05, 0) is 18.5 Å². The second-order valence-electron chi connectivity index (χ2n) is 2.03. The van der Waals surface area contributed by atoms with Crippen molar-refractivity contribution in [3.05, 3.63) is 0 Å². The van der Waals surface area contributed by atoms with Gasteiger partial charge in [-0.3, -0.25) is 9.59 Å². The van der Waals surface area contributed by atoms with E-state index >= 15 is 0 Å². The van der Waals surface area contributed by atoms with Crippen molar-refractivity contribution < 1.29 is 27.5 Å². The molecule has 0 aromatic heterocycles. The van der Waals surface area contributed by atoms with Crippen molar-refractivity contribution in [2.24, 2.45) is 5.92 Å². The summed E-state index contributed by atoms with van der Waals surface area (Å²) in [6.07, 6.45) is -4.99. The number of hydrogen-bond acceptors (Lipinski definition) is 3.